The first-order valence-corrected chi connectivity index (χ1v) is 8.19. The van der Waals surface area contributed by atoms with Crippen LogP contribution in [0.2, 0.25) is 0 Å². The molecule has 0 aliphatic rings. The lowest BCUT2D eigenvalue weighted by molar-refractivity contribution is -0.860. The van der Waals surface area contributed by atoms with Crippen LogP contribution in [0, 0.1) is 0 Å². The Bertz CT molecular complexity index is 718. The molecule has 1 amide bonds. The monoisotopic (exact) mass is 367 g/mol. The molecule has 0 saturated carbocycles. The molecule has 0 unspecified atom stereocenters. The number of carbonyl (C=O) groups excluding carboxylic acids is 1. The molecule has 2 aromatic rings. The van der Waals surface area contributed by atoms with Crippen LogP contribution in [0.4, 0.5) is 13.2 Å². The van der Waals surface area contributed by atoms with E-state index in [1.807, 2.05) is 44.4 Å². The smallest absolute Gasteiger partial charge is 0.416 e. The summed E-state index contributed by atoms with van der Waals surface area (Å²) in [4.78, 5) is 13.3. The number of amides is 1. The van der Waals surface area contributed by atoms with E-state index in [0.717, 1.165) is 22.6 Å². The van der Waals surface area contributed by atoms with Crippen molar-refractivity contribution < 1.29 is 27.6 Å². The molecule has 26 heavy (non-hydrogen) atoms. The maximum absolute atomic E-state index is 12.7. The van der Waals surface area contributed by atoms with Gasteiger partial charge in [-0.3, -0.25) is 4.79 Å². The van der Waals surface area contributed by atoms with Crippen molar-refractivity contribution in [2.75, 3.05) is 27.2 Å². The number of halogens is 3. The summed E-state index contributed by atoms with van der Waals surface area (Å²) in [5.41, 5.74) is 0.148. The maximum atomic E-state index is 12.7. The predicted molar refractivity (Wildman–Crippen MR) is 91.9 cm³/mol. The fraction of sp³-hybridized carbons (Fsp3) is 0.316. The van der Waals surface area contributed by atoms with Crippen molar-refractivity contribution in [1.82, 2.24) is 5.32 Å². The lowest BCUT2D eigenvalue weighted by Crippen LogP contribution is -3.06. The second-order valence-electron chi connectivity index (χ2n) is 6.26. The second-order valence-corrected chi connectivity index (χ2v) is 6.26. The lowest BCUT2D eigenvalue weighted by atomic mass is 10.1. The molecule has 0 saturated heterocycles. The van der Waals surface area contributed by atoms with Crippen LogP contribution in [-0.4, -0.2) is 33.2 Å². The van der Waals surface area contributed by atoms with Gasteiger partial charge in [0.1, 0.15) is 18.3 Å². The van der Waals surface area contributed by atoms with Crippen LogP contribution in [0.5, 0.6) is 5.75 Å². The van der Waals surface area contributed by atoms with Crippen LogP contribution >= 0.6 is 0 Å². The summed E-state index contributed by atoms with van der Waals surface area (Å²) in [6.45, 7) is 0.312. The fourth-order valence-electron chi connectivity index (χ4n) is 2.49. The van der Waals surface area contributed by atoms with E-state index >= 15 is 0 Å². The van der Waals surface area contributed by atoms with Gasteiger partial charge < -0.3 is 15.0 Å². The quantitative estimate of drug-likeness (QED) is 0.787. The number of ether oxygens (including phenoxy) is 1. The summed E-state index contributed by atoms with van der Waals surface area (Å²) in [6.07, 6.45) is -4.45. The third kappa shape index (κ3) is 6.07. The van der Waals surface area contributed by atoms with E-state index in [1.54, 1.807) is 0 Å². The van der Waals surface area contributed by atoms with Gasteiger partial charge in [-0.15, -0.1) is 0 Å². The summed E-state index contributed by atoms with van der Waals surface area (Å²) >= 11 is 0. The van der Waals surface area contributed by atoms with E-state index in [2.05, 4.69) is 5.32 Å². The third-order valence-electron chi connectivity index (χ3n) is 3.68. The number of carbonyl (C=O) groups is 1. The Morgan fingerprint density at radius 2 is 1.81 bits per heavy atom. The lowest BCUT2D eigenvalue weighted by Gasteiger charge is -2.21. The molecule has 140 valence electrons. The molecule has 2 rings (SSSR count). The van der Waals surface area contributed by atoms with Crippen molar-refractivity contribution in [3.63, 3.8) is 0 Å². The molecule has 0 fully saturated rings. The van der Waals surface area contributed by atoms with Crippen LogP contribution < -0.4 is 15.0 Å². The highest BCUT2D eigenvalue weighted by molar-refractivity contribution is 5.78. The molecular formula is C19H22F3N2O2+. The average molecular weight is 367 g/mol. The van der Waals surface area contributed by atoms with Gasteiger partial charge >= 0.3 is 6.18 Å². The van der Waals surface area contributed by atoms with Gasteiger partial charge in [0.25, 0.3) is 5.91 Å². The minimum Gasteiger partial charge on any atom is -0.484 e. The molecule has 0 radical (unpaired) electrons. The first-order valence-electron chi connectivity index (χ1n) is 8.19. The molecule has 4 nitrogen and oxygen atoms in total. The number of quaternary nitrogens is 1. The van der Waals surface area contributed by atoms with E-state index in [1.165, 1.54) is 12.1 Å². The van der Waals surface area contributed by atoms with E-state index in [0.29, 0.717) is 6.54 Å². The van der Waals surface area contributed by atoms with E-state index in [4.69, 9.17) is 4.74 Å². The van der Waals surface area contributed by atoms with Crippen LogP contribution in [0.1, 0.15) is 17.2 Å². The Morgan fingerprint density at radius 3 is 2.42 bits per heavy atom. The van der Waals surface area contributed by atoms with Crippen molar-refractivity contribution in [3.05, 3.63) is 65.7 Å². The van der Waals surface area contributed by atoms with E-state index in [-0.39, 0.29) is 18.4 Å². The number of alkyl halides is 3. The van der Waals surface area contributed by atoms with Gasteiger partial charge in [-0.1, -0.05) is 36.4 Å². The summed E-state index contributed by atoms with van der Waals surface area (Å²) in [6, 6.07) is 13.8. The number of hydrogen-bond donors (Lipinski definition) is 2. The summed E-state index contributed by atoms with van der Waals surface area (Å²) in [7, 11) is 3.95. The van der Waals surface area contributed by atoms with Crippen LogP contribution in [-0.2, 0) is 11.0 Å². The Hall–Kier alpha value is -2.54. The zero-order valence-electron chi connectivity index (χ0n) is 14.6. The van der Waals surface area contributed by atoms with Gasteiger partial charge in [-0.25, -0.2) is 0 Å². The Kier molecular flexibility index (Phi) is 6.63. The molecular weight excluding hydrogens is 345 g/mol. The number of benzene rings is 2. The standard InChI is InChI=1S/C19H21F3N2O2/c1-24(2)12-17(14-7-4-3-5-8-14)23-18(25)13-26-16-10-6-9-15(11-16)19(20,21)22/h3-11,17H,12-13H2,1-2H3,(H,23,25)/p+1/t17-/m1/s1. The molecule has 0 aliphatic carbocycles. The molecule has 0 bridgehead atoms. The highest BCUT2D eigenvalue weighted by Gasteiger charge is 2.30. The van der Waals surface area contributed by atoms with E-state index < -0.39 is 17.6 Å². The first-order chi connectivity index (χ1) is 12.3. The normalized spacial score (nSPS) is 12.7. The zero-order valence-corrected chi connectivity index (χ0v) is 14.6. The summed E-state index contributed by atoms with van der Waals surface area (Å²) in [5.74, 6) is -0.387. The van der Waals surface area contributed by atoms with Crippen molar-refractivity contribution in [2.45, 2.75) is 12.2 Å². The Balaban J connectivity index is 1.98. The van der Waals surface area contributed by atoms with Crippen molar-refractivity contribution in [2.24, 2.45) is 0 Å². The largest absolute Gasteiger partial charge is 0.484 e. The summed E-state index contributed by atoms with van der Waals surface area (Å²) < 4.78 is 43.4. The van der Waals surface area contributed by atoms with Gasteiger partial charge in [-0.2, -0.15) is 13.2 Å². The fourth-order valence-corrected chi connectivity index (χ4v) is 2.49. The number of nitrogens with one attached hydrogen (secondary N) is 2. The van der Waals surface area contributed by atoms with Gasteiger partial charge in [0.05, 0.1) is 19.7 Å². The second kappa shape index (κ2) is 8.71. The predicted octanol–water partition coefficient (Wildman–Crippen LogP) is 2.09. The minimum absolute atomic E-state index is 0.00414. The SMILES string of the molecule is C[NH+](C)C[C@@H](NC(=O)COc1cccc(C(F)(F)F)c1)c1ccccc1. The molecule has 7 heteroatoms. The molecule has 0 spiro atoms. The van der Waals surface area contributed by atoms with E-state index in [9.17, 15) is 18.0 Å². The van der Waals surface area contributed by atoms with Gasteiger partial charge in [-0.05, 0) is 23.8 Å². The van der Waals surface area contributed by atoms with Crippen LogP contribution in [0.15, 0.2) is 54.6 Å². The molecule has 0 aliphatic heterocycles. The number of hydrogen-bond acceptors (Lipinski definition) is 2. The number of rotatable bonds is 7. The third-order valence-corrected chi connectivity index (χ3v) is 3.68. The average Bonchev–Trinajstić information content (AvgIpc) is 2.59. The Labute approximate surface area is 150 Å². The molecule has 0 heterocycles. The van der Waals surface area contributed by atoms with Gasteiger partial charge in [0, 0.05) is 0 Å². The molecule has 1 atom stereocenters. The highest BCUT2D eigenvalue weighted by Crippen LogP contribution is 2.31. The van der Waals surface area contributed by atoms with Crippen LogP contribution in [0.25, 0.3) is 0 Å². The molecule has 2 N–H and O–H groups in total. The number of likely N-dealkylation sites (N-methyl/N-ethyl adjacent to an activating group) is 1. The minimum atomic E-state index is -4.45. The van der Waals surface area contributed by atoms with Gasteiger partial charge in [0.15, 0.2) is 6.61 Å². The van der Waals surface area contributed by atoms with Crippen molar-refractivity contribution in [3.8, 4) is 5.75 Å². The molecule has 0 aromatic heterocycles. The first kappa shape index (κ1) is 19.8. The maximum Gasteiger partial charge on any atom is 0.416 e. The summed E-state index contributed by atoms with van der Waals surface area (Å²) in [5, 5.41) is 2.87. The van der Waals surface area contributed by atoms with Crippen molar-refractivity contribution >= 4 is 5.91 Å². The Morgan fingerprint density at radius 1 is 1.12 bits per heavy atom. The van der Waals surface area contributed by atoms with Gasteiger partial charge in [0.2, 0.25) is 0 Å². The van der Waals surface area contributed by atoms with Crippen molar-refractivity contribution in [1.29, 1.82) is 0 Å². The molecule has 2 aromatic carbocycles. The topological polar surface area (TPSA) is 42.8 Å². The van der Waals surface area contributed by atoms with Crippen LogP contribution in [0.3, 0.4) is 0 Å². The highest BCUT2D eigenvalue weighted by atomic mass is 19.4. The zero-order chi connectivity index (χ0) is 19.2.